The summed E-state index contributed by atoms with van der Waals surface area (Å²) in [7, 11) is 0. The Morgan fingerprint density at radius 1 is 1.23 bits per heavy atom. The van der Waals surface area contributed by atoms with Crippen molar-refractivity contribution < 1.29 is 22.7 Å². The Balaban J connectivity index is 1.50. The molecule has 0 spiro atoms. The molecule has 1 saturated heterocycles. The molecule has 0 N–H and O–H groups in total. The van der Waals surface area contributed by atoms with Crippen molar-refractivity contribution in [3.63, 3.8) is 0 Å². The fraction of sp³-hybridized carbons (Fsp3) is 0.286. The summed E-state index contributed by atoms with van der Waals surface area (Å²) in [5.41, 5.74) is 2.40. The van der Waals surface area contributed by atoms with Crippen LogP contribution < -0.4 is 9.64 Å². The van der Waals surface area contributed by atoms with Gasteiger partial charge in [-0.1, -0.05) is 0 Å². The number of alkyl halides is 2. The number of anilines is 1. The zero-order valence-electron chi connectivity index (χ0n) is 16.1. The number of aromatic nitrogens is 1. The summed E-state index contributed by atoms with van der Waals surface area (Å²) in [6.07, 6.45) is 1.58. The van der Waals surface area contributed by atoms with E-state index in [0.717, 1.165) is 0 Å². The number of halogens is 2. The normalized spacial score (nSPS) is 14.2. The first-order valence-electron chi connectivity index (χ1n) is 9.34. The van der Waals surface area contributed by atoms with Crippen molar-refractivity contribution in [2.45, 2.75) is 13.5 Å². The number of rotatable bonds is 4. The van der Waals surface area contributed by atoms with Crippen LogP contribution in [-0.4, -0.2) is 48.6 Å². The molecular formula is C21H18F2N4O3. The summed E-state index contributed by atoms with van der Waals surface area (Å²) >= 11 is 0. The molecule has 3 heterocycles. The second-order valence-electron chi connectivity index (χ2n) is 6.92. The van der Waals surface area contributed by atoms with Gasteiger partial charge in [0.1, 0.15) is 17.0 Å². The van der Waals surface area contributed by atoms with Crippen LogP contribution in [0, 0.1) is 18.3 Å². The minimum atomic E-state index is -2.97. The van der Waals surface area contributed by atoms with Crippen molar-refractivity contribution >= 4 is 22.7 Å². The maximum Gasteiger partial charge on any atom is 0.387 e. The van der Waals surface area contributed by atoms with E-state index < -0.39 is 6.61 Å². The number of ether oxygens (including phenoxy) is 1. The number of aryl methyl sites for hydroxylation is 1. The van der Waals surface area contributed by atoms with E-state index >= 15 is 0 Å². The number of carbonyl (C=O) groups is 1. The van der Waals surface area contributed by atoms with Crippen molar-refractivity contribution in [3.05, 3.63) is 53.4 Å². The zero-order valence-corrected chi connectivity index (χ0v) is 16.1. The summed E-state index contributed by atoms with van der Waals surface area (Å²) in [4.78, 5) is 20.9. The molecule has 1 aliphatic rings. The molecule has 0 bridgehead atoms. The summed E-state index contributed by atoms with van der Waals surface area (Å²) in [5.74, 6) is 0.468. The first kappa shape index (κ1) is 19.6. The lowest BCUT2D eigenvalue weighted by Gasteiger charge is -2.36. The number of furan rings is 1. The average Bonchev–Trinajstić information content (AvgIpc) is 3.12. The van der Waals surface area contributed by atoms with E-state index in [1.165, 1.54) is 12.1 Å². The largest absolute Gasteiger partial charge is 0.459 e. The Bertz CT molecular complexity index is 1130. The van der Waals surface area contributed by atoms with E-state index in [1.54, 1.807) is 36.2 Å². The van der Waals surface area contributed by atoms with Gasteiger partial charge in [0.25, 0.3) is 5.91 Å². The van der Waals surface area contributed by atoms with Gasteiger partial charge in [0.05, 0.1) is 17.2 Å². The monoisotopic (exact) mass is 412 g/mol. The fourth-order valence-electron chi connectivity index (χ4n) is 3.57. The smallest absolute Gasteiger partial charge is 0.387 e. The predicted molar refractivity (Wildman–Crippen MR) is 105 cm³/mol. The summed E-state index contributed by atoms with van der Waals surface area (Å²) in [6, 6.07) is 9.75. The van der Waals surface area contributed by atoms with Crippen molar-refractivity contribution in [1.82, 2.24) is 9.88 Å². The van der Waals surface area contributed by atoms with E-state index in [-0.39, 0.29) is 17.2 Å². The molecule has 1 aliphatic heterocycles. The van der Waals surface area contributed by atoms with Crippen LogP contribution in [0.25, 0.3) is 11.1 Å². The van der Waals surface area contributed by atoms with Crippen molar-refractivity contribution in [2.75, 3.05) is 31.1 Å². The number of piperazine rings is 1. The highest BCUT2D eigenvalue weighted by Gasteiger charge is 2.25. The molecule has 0 atom stereocenters. The number of amides is 1. The van der Waals surface area contributed by atoms with Crippen LogP contribution in [0.4, 0.5) is 14.5 Å². The van der Waals surface area contributed by atoms with Crippen molar-refractivity contribution in [1.29, 1.82) is 5.26 Å². The third-order valence-electron chi connectivity index (χ3n) is 4.94. The lowest BCUT2D eigenvalue weighted by atomic mass is 10.1. The number of fused-ring (bicyclic) bond motifs is 1. The minimum absolute atomic E-state index is 0.0649. The summed E-state index contributed by atoms with van der Waals surface area (Å²) < 4.78 is 35.2. The van der Waals surface area contributed by atoms with E-state index in [2.05, 4.69) is 9.72 Å². The standard InChI is InChI=1S/C21H18F2N4O3/c1-13-8-18-19(29-13)17(2-3-25-18)20(28)27-6-4-26(5-7-27)15-9-14(12-24)10-16(11-15)30-21(22)23/h2-3,8-11,21H,4-7H2,1H3. The predicted octanol–water partition coefficient (Wildman–Crippen LogP) is 3.57. The van der Waals surface area contributed by atoms with Gasteiger partial charge in [-0.3, -0.25) is 9.78 Å². The van der Waals surface area contributed by atoms with Crippen LogP contribution in [-0.2, 0) is 0 Å². The number of benzene rings is 1. The molecule has 1 aromatic carbocycles. The Morgan fingerprint density at radius 3 is 2.70 bits per heavy atom. The lowest BCUT2D eigenvalue weighted by Crippen LogP contribution is -2.48. The number of pyridine rings is 1. The highest BCUT2D eigenvalue weighted by Crippen LogP contribution is 2.27. The molecule has 4 rings (SSSR count). The van der Waals surface area contributed by atoms with E-state index in [9.17, 15) is 13.6 Å². The summed E-state index contributed by atoms with van der Waals surface area (Å²) in [6.45, 7) is 0.675. The molecule has 7 nitrogen and oxygen atoms in total. The molecule has 2 aromatic heterocycles. The van der Waals surface area contributed by atoms with Crippen LogP contribution >= 0.6 is 0 Å². The Kier molecular flexibility index (Phi) is 5.23. The van der Waals surface area contributed by atoms with Gasteiger partial charge in [-0.25, -0.2) is 0 Å². The molecular weight excluding hydrogens is 394 g/mol. The second kappa shape index (κ2) is 7.99. The van der Waals surface area contributed by atoms with Crippen LogP contribution in [0.2, 0.25) is 0 Å². The minimum Gasteiger partial charge on any atom is -0.459 e. The molecule has 0 saturated carbocycles. The highest BCUT2D eigenvalue weighted by atomic mass is 19.3. The molecule has 3 aromatic rings. The quantitative estimate of drug-likeness (QED) is 0.652. The van der Waals surface area contributed by atoms with Gasteiger partial charge in [0.2, 0.25) is 0 Å². The fourth-order valence-corrected chi connectivity index (χ4v) is 3.57. The van der Waals surface area contributed by atoms with E-state index in [0.29, 0.717) is 54.3 Å². The maximum atomic E-state index is 13.0. The molecule has 1 fully saturated rings. The van der Waals surface area contributed by atoms with Gasteiger partial charge in [0.15, 0.2) is 5.58 Å². The van der Waals surface area contributed by atoms with Gasteiger partial charge in [-0.05, 0) is 25.1 Å². The van der Waals surface area contributed by atoms with Crippen LogP contribution in [0.3, 0.4) is 0 Å². The number of hydrogen-bond acceptors (Lipinski definition) is 6. The Labute approximate surface area is 171 Å². The molecule has 9 heteroatoms. The van der Waals surface area contributed by atoms with Gasteiger partial charge in [-0.2, -0.15) is 14.0 Å². The lowest BCUT2D eigenvalue weighted by molar-refractivity contribution is -0.0498. The Hall–Kier alpha value is -3.67. The molecule has 30 heavy (non-hydrogen) atoms. The third-order valence-corrected chi connectivity index (χ3v) is 4.94. The van der Waals surface area contributed by atoms with Gasteiger partial charge in [0, 0.05) is 50.2 Å². The third kappa shape index (κ3) is 3.89. The second-order valence-corrected chi connectivity index (χ2v) is 6.92. The van der Waals surface area contributed by atoms with Crippen molar-refractivity contribution in [2.24, 2.45) is 0 Å². The van der Waals surface area contributed by atoms with Gasteiger partial charge in [-0.15, -0.1) is 0 Å². The van der Waals surface area contributed by atoms with Crippen LogP contribution in [0.1, 0.15) is 21.7 Å². The molecule has 0 unspecified atom stereocenters. The van der Waals surface area contributed by atoms with Gasteiger partial charge >= 0.3 is 6.61 Å². The molecule has 1 amide bonds. The average molecular weight is 412 g/mol. The van der Waals surface area contributed by atoms with Gasteiger partial charge < -0.3 is 19.0 Å². The molecule has 0 aliphatic carbocycles. The first-order chi connectivity index (χ1) is 14.4. The van der Waals surface area contributed by atoms with E-state index in [4.69, 9.17) is 9.68 Å². The van der Waals surface area contributed by atoms with Crippen LogP contribution in [0.15, 0.2) is 40.9 Å². The van der Waals surface area contributed by atoms with Crippen molar-refractivity contribution in [3.8, 4) is 11.8 Å². The number of nitriles is 1. The highest BCUT2D eigenvalue weighted by molar-refractivity contribution is 6.04. The topological polar surface area (TPSA) is 82.6 Å². The Morgan fingerprint density at radius 2 is 2.00 bits per heavy atom. The molecule has 154 valence electrons. The number of nitrogens with zero attached hydrogens (tertiary/aromatic N) is 4. The first-order valence-corrected chi connectivity index (χ1v) is 9.34. The SMILES string of the molecule is Cc1cc2nccc(C(=O)N3CCN(c4cc(C#N)cc(OC(F)F)c4)CC3)c2o1. The zero-order chi connectivity index (χ0) is 21.3. The maximum absolute atomic E-state index is 13.0. The molecule has 0 radical (unpaired) electrons. The van der Waals surface area contributed by atoms with Crippen LogP contribution in [0.5, 0.6) is 5.75 Å². The van der Waals surface area contributed by atoms with E-state index in [1.807, 2.05) is 11.0 Å². The number of carbonyl (C=O) groups excluding carboxylic acids is 1. The number of hydrogen-bond donors (Lipinski definition) is 0. The summed E-state index contributed by atoms with van der Waals surface area (Å²) in [5, 5.41) is 9.17.